The van der Waals surface area contributed by atoms with Crippen molar-refractivity contribution in [2.45, 2.75) is 39.0 Å². The Morgan fingerprint density at radius 3 is 2.67 bits per heavy atom. The van der Waals surface area contributed by atoms with Crippen molar-refractivity contribution < 1.29 is 9.59 Å². The Bertz CT molecular complexity index is 910. The monoisotopic (exact) mass is 407 g/mol. The summed E-state index contributed by atoms with van der Waals surface area (Å²) < 4.78 is 0. The second-order valence-electron chi connectivity index (χ2n) is 8.17. The van der Waals surface area contributed by atoms with Crippen LogP contribution in [0.2, 0.25) is 0 Å². The molecule has 30 heavy (non-hydrogen) atoms. The van der Waals surface area contributed by atoms with Gasteiger partial charge in [-0.05, 0) is 63.3 Å². The smallest absolute Gasteiger partial charge is 0.257 e. The van der Waals surface area contributed by atoms with Crippen LogP contribution in [-0.4, -0.2) is 52.9 Å². The summed E-state index contributed by atoms with van der Waals surface area (Å²) in [5.41, 5.74) is 1.51. The van der Waals surface area contributed by atoms with Gasteiger partial charge in [-0.2, -0.15) is 0 Å². The van der Waals surface area contributed by atoms with Gasteiger partial charge in [0, 0.05) is 38.1 Å². The summed E-state index contributed by atoms with van der Waals surface area (Å²) >= 11 is 0. The van der Waals surface area contributed by atoms with E-state index >= 15 is 0 Å². The van der Waals surface area contributed by atoms with Gasteiger partial charge in [-0.3, -0.25) is 9.59 Å². The van der Waals surface area contributed by atoms with Crippen LogP contribution >= 0.6 is 0 Å². The molecule has 7 heteroatoms. The van der Waals surface area contributed by atoms with E-state index in [1.54, 1.807) is 12.3 Å². The zero-order valence-corrected chi connectivity index (χ0v) is 17.5. The molecule has 2 aliphatic rings. The van der Waals surface area contributed by atoms with Crippen LogP contribution in [-0.2, 0) is 4.79 Å². The minimum atomic E-state index is -0.166. The molecule has 2 amide bonds. The van der Waals surface area contributed by atoms with Crippen molar-refractivity contribution in [2.75, 3.05) is 36.4 Å². The zero-order chi connectivity index (χ0) is 20.9. The van der Waals surface area contributed by atoms with Gasteiger partial charge in [-0.15, -0.1) is 0 Å². The van der Waals surface area contributed by atoms with Gasteiger partial charge < -0.3 is 15.1 Å². The fourth-order valence-corrected chi connectivity index (χ4v) is 4.31. The minimum absolute atomic E-state index is 0.0300. The molecule has 0 spiro atoms. The zero-order valence-electron chi connectivity index (χ0n) is 17.5. The highest BCUT2D eigenvalue weighted by molar-refractivity contribution is 5.99. The summed E-state index contributed by atoms with van der Waals surface area (Å²) in [5, 5.41) is 2.94. The number of likely N-dealkylation sites (tertiary alicyclic amines) is 1. The van der Waals surface area contributed by atoms with Crippen LogP contribution < -0.4 is 10.2 Å². The van der Waals surface area contributed by atoms with E-state index in [1.807, 2.05) is 36.1 Å². The van der Waals surface area contributed by atoms with Gasteiger partial charge in [-0.25, -0.2) is 9.97 Å². The first-order valence-electron chi connectivity index (χ1n) is 10.9. The standard InChI is InChI=1S/C23H29N5O2/c1-17-8-5-11-20(25-17)26-22(29)18-9-7-15-28(16-18)21-19(10-6-12-24-21)23(30)27-13-3-2-4-14-27/h5-6,8,10-12,18H,2-4,7,9,13-16H2,1H3,(H,25,26,29). The molecule has 0 aromatic carbocycles. The third-order valence-corrected chi connectivity index (χ3v) is 5.89. The van der Waals surface area contributed by atoms with E-state index in [0.717, 1.165) is 51.0 Å². The van der Waals surface area contributed by atoms with Gasteiger partial charge in [0.1, 0.15) is 11.6 Å². The first-order valence-corrected chi connectivity index (χ1v) is 10.9. The largest absolute Gasteiger partial charge is 0.355 e. The second-order valence-corrected chi connectivity index (χ2v) is 8.17. The van der Waals surface area contributed by atoms with Gasteiger partial charge in [-0.1, -0.05) is 6.07 Å². The predicted octanol–water partition coefficient (Wildman–Crippen LogP) is 3.27. The summed E-state index contributed by atoms with van der Waals surface area (Å²) in [6.07, 6.45) is 6.72. The lowest BCUT2D eigenvalue weighted by molar-refractivity contribution is -0.120. The molecule has 158 valence electrons. The number of nitrogens with one attached hydrogen (secondary N) is 1. The fraction of sp³-hybridized carbons (Fsp3) is 0.478. The number of amides is 2. The Labute approximate surface area is 177 Å². The Morgan fingerprint density at radius 1 is 1.03 bits per heavy atom. The molecule has 2 aromatic heterocycles. The number of piperidine rings is 2. The van der Waals surface area contributed by atoms with E-state index in [-0.39, 0.29) is 17.7 Å². The lowest BCUT2D eigenvalue weighted by Crippen LogP contribution is -2.43. The highest BCUT2D eigenvalue weighted by Gasteiger charge is 2.30. The molecule has 2 saturated heterocycles. The van der Waals surface area contributed by atoms with E-state index in [4.69, 9.17) is 0 Å². The van der Waals surface area contributed by atoms with Crippen LogP contribution in [0.3, 0.4) is 0 Å². The van der Waals surface area contributed by atoms with E-state index in [1.165, 1.54) is 6.42 Å². The number of rotatable bonds is 4. The molecule has 4 heterocycles. The van der Waals surface area contributed by atoms with Crippen molar-refractivity contribution in [1.82, 2.24) is 14.9 Å². The van der Waals surface area contributed by atoms with Crippen molar-refractivity contribution >= 4 is 23.5 Å². The number of pyridine rings is 2. The molecule has 7 nitrogen and oxygen atoms in total. The van der Waals surface area contributed by atoms with Crippen LogP contribution in [0.25, 0.3) is 0 Å². The average molecular weight is 408 g/mol. The minimum Gasteiger partial charge on any atom is -0.355 e. The molecule has 4 rings (SSSR count). The van der Waals surface area contributed by atoms with Gasteiger partial charge in [0.05, 0.1) is 11.5 Å². The molecular weight excluding hydrogens is 378 g/mol. The van der Waals surface area contributed by atoms with Crippen molar-refractivity contribution in [2.24, 2.45) is 5.92 Å². The third-order valence-electron chi connectivity index (χ3n) is 5.89. The lowest BCUT2D eigenvalue weighted by atomic mass is 9.96. The van der Waals surface area contributed by atoms with Crippen LogP contribution in [0.5, 0.6) is 0 Å². The van der Waals surface area contributed by atoms with Crippen molar-refractivity contribution in [3.63, 3.8) is 0 Å². The number of carbonyl (C=O) groups is 2. The normalized spacial score (nSPS) is 19.4. The summed E-state index contributed by atoms with van der Waals surface area (Å²) in [6, 6.07) is 9.27. The van der Waals surface area contributed by atoms with Crippen LogP contribution in [0.4, 0.5) is 11.6 Å². The molecule has 1 atom stereocenters. The quantitative estimate of drug-likeness (QED) is 0.842. The maximum Gasteiger partial charge on any atom is 0.257 e. The van der Waals surface area contributed by atoms with Crippen molar-refractivity contribution in [1.29, 1.82) is 0 Å². The van der Waals surface area contributed by atoms with Crippen LogP contribution in [0.1, 0.15) is 48.2 Å². The predicted molar refractivity (Wildman–Crippen MR) is 117 cm³/mol. The van der Waals surface area contributed by atoms with Crippen molar-refractivity contribution in [3.05, 3.63) is 47.8 Å². The summed E-state index contributed by atoms with van der Waals surface area (Å²) in [7, 11) is 0. The first-order chi connectivity index (χ1) is 14.6. The Kier molecular flexibility index (Phi) is 6.26. The third kappa shape index (κ3) is 4.61. The van der Waals surface area contributed by atoms with E-state index in [9.17, 15) is 9.59 Å². The summed E-state index contributed by atoms with van der Waals surface area (Å²) in [5.74, 6) is 1.13. The van der Waals surface area contributed by atoms with Crippen LogP contribution in [0, 0.1) is 12.8 Å². The van der Waals surface area contributed by atoms with E-state index in [2.05, 4.69) is 20.2 Å². The molecule has 0 radical (unpaired) electrons. The topological polar surface area (TPSA) is 78.4 Å². The van der Waals surface area contributed by atoms with Gasteiger partial charge in [0.2, 0.25) is 5.91 Å². The molecule has 1 N–H and O–H groups in total. The number of nitrogens with zero attached hydrogens (tertiary/aromatic N) is 4. The van der Waals surface area contributed by atoms with Gasteiger partial charge in [0.25, 0.3) is 5.91 Å². The number of aromatic nitrogens is 2. The average Bonchev–Trinajstić information content (AvgIpc) is 2.79. The fourth-order valence-electron chi connectivity index (χ4n) is 4.31. The number of carbonyl (C=O) groups excluding carboxylic acids is 2. The molecule has 0 saturated carbocycles. The highest BCUT2D eigenvalue weighted by atomic mass is 16.2. The molecule has 2 aliphatic heterocycles. The lowest BCUT2D eigenvalue weighted by Gasteiger charge is -2.34. The first kappa shape index (κ1) is 20.3. The summed E-state index contributed by atoms with van der Waals surface area (Å²) in [4.78, 5) is 38.9. The second kappa shape index (κ2) is 9.24. The van der Waals surface area contributed by atoms with E-state index in [0.29, 0.717) is 23.7 Å². The maximum atomic E-state index is 13.1. The van der Waals surface area contributed by atoms with Crippen LogP contribution in [0.15, 0.2) is 36.5 Å². The van der Waals surface area contributed by atoms with Gasteiger partial charge in [0.15, 0.2) is 0 Å². The Balaban J connectivity index is 1.48. The number of aryl methyl sites for hydroxylation is 1. The van der Waals surface area contributed by atoms with E-state index < -0.39 is 0 Å². The molecule has 2 aromatic rings. The molecule has 2 fully saturated rings. The Morgan fingerprint density at radius 2 is 1.87 bits per heavy atom. The Hall–Kier alpha value is -2.96. The molecule has 0 bridgehead atoms. The van der Waals surface area contributed by atoms with Crippen molar-refractivity contribution in [3.8, 4) is 0 Å². The summed E-state index contributed by atoms with van der Waals surface area (Å²) in [6.45, 7) is 4.86. The SMILES string of the molecule is Cc1cccc(NC(=O)C2CCCN(c3ncccc3C(=O)N3CCCCC3)C2)n1. The maximum absolute atomic E-state index is 13.1. The number of anilines is 2. The van der Waals surface area contributed by atoms with Gasteiger partial charge >= 0.3 is 0 Å². The number of hydrogen-bond donors (Lipinski definition) is 1. The molecular formula is C23H29N5O2. The molecule has 1 unspecified atom stereocenters. The molecule has 0 aliphatic carbocycles. The highest BCUT2D eigenvalue weighted by Crippen LogP contribution is 2.27. The number of hydrogen-bond acceptors (Lipinski definition) is 5.